The fourth-order valence-electron chi connectivity index (χ4n) is 4.11. The Morgan fingerprint density at radius 1 is 1.21 bits per heavy atom. The van der Waals surface area contributed by atoms with E-state index in [1.54, 1.807) is 23.1 Å². The number of aromatic amines is 1. The van der Waals surface area contributed by atoms with Gasteiger partial charge in [0.15, 0.2) is 5.17 Å². The van der Waals surface area contributed by atoms with Crippen LogP contribution in [0.2, 0.25) is 0 Å². The zero-order valence-corrected chi connectivity index (χ0v) is 15.1. The molecule has 2 aliphatic carbocycles. The van der Waals surface area contributed by atoms with E-state index >= 15 is 0 Å². The molecule has 2 aromatic heterocycles. The van der Waals surface area contributed by atoms with Crippen LogP contribution in [-0.4, -0.2) is 27.2 Å². The Hall–Kier alpha value is -1.34. The molecule has 24 heavy (non-hydrogen) atoms. The van der Waals surface area contributed by atoms with Gasteiger partial charge in [-0.3, -0.25) is 9.79 Å². The first-order valence-electron chi connectivity index (χ1n) is 8.78. The van der Waals surface area contributed by atoms with E-state index in [4.69, 9.17) is 9.98 Å². The first-order chi connectivity index (χ1) is 11.8. The Morgan fingerprint density at radius 3 is 3.04 bits per heavy atom. The molecule has 0 amide bonds. The van der Waals surface area contributed by atoms with Gasteiger partial charge in [0, 0.05) is 4.88 Å². The summed E-state index contributed by atoms with van der Waals surface area (Å²) in [4.78, 5) is 27.2. The molecule has 7 heteroatoms. The van der Waals surface area contributed by atoms with Gasteiger partial charge < -0.3 is 10.3 Å². The molecule has 0 spiro atoms. The van der Waals surface area contributed by atoms with Gasteiger partial charge in [-0.25, -0.2) is 4.98 Å². The van der Waals surface area contributed by atoms with Crippen LogP contribution < -0.4 is 10.9 Å². The molecule has 3 heterocycles. The fraction of sp³-hybridized carbons (Fsp3) is 0.588. The highest BCUT2D eigenvalue weighted by Gasteiger charge is 2.31. The molecule has 5 nitrogen and oxygen atoms in total. The number of thiophene rings is 1. The van der Waals surface area contributed by atoms with Crippen LogP contribution in [0.4, 0.5) is 0 Å². The van der Waals surface area contributed by atoms with Gasteiger partial charge in [-0.1, -0.05) is 24.6 Å². The standard InChI is InChI=1S/C17H20N4OS2/c22-15-14-9-4-3-7-12(9)24-16(14)21-13(20-15)8-23-17-18-10-5-1-2-6-11(10)19-17/h10-11H,1-8H2,(H,18,19)(H,20,21,22)/t10-,11-/m0/s1. The number of thioether (sulfide) groups is 1. The van der Waals surface area contributed by atoms with Crippen LogP contribution in [-0.2, 0) is 18.6 Å². The summed E-state index contributed by atoms with van der Waals surface area (Å²) in [6.45, 7) is 0. The Bertz CT molecular complexity index is 885. The molecule has 5 rings (SSSR count). The molecule has 3 aliphatic rings. The molecular weight excluding hydrogens is 340 g/mol. The monoisotopic (exact) mass is 360 g/mol. The van der Waals surface area contributed by atoms with E-state index in [0.29, 0.717) is 17.8 Å². The highest BCUT2D eigenvalue weighted by Crippen LogP contribution is 2.34. The zero-order chi connectivity index (χ0) is 16.1. The fourth-order valence-corrected chi connectivity index (χ4v) is 6.25. The zero-order valence-electron chi connectivity index (χ0n) is 13.4. The number of amidine groups is 1. The molecule has 2 atom stereocenters. The minimum atomic E-state index is 0.0324. The second kappa shape index (κ2) is 5.88. The Kier molecular flexibility index (Phi) is 3.66. The van der Waals surface area contributed by atoms with Gasteiger partial charge in [0.2, 0.25) is 0 Å². The number of aryl methyl sites for hydroxylation is 2. The van der Waals surface area contributed by atoms with Crippen LogP contribution in [0.5, 0.6) is 0 Å². The summed E-state index contributed by atoms with van der Waals surface area (Å²) in [5.74, 6) is 1.43. The predicted molar refractivity (Wildman–Crippen MR) is 100 cm³/mol. The van der Waals surface area contributed by atoms with E-state index < -0.39 is 0 Å². The summed E-state index contributed by atoms with van der Waals surface area (Å²) in [5, 5.41) is 5.40. The van der Waals surface area contributed by atoms with E-state index in [-0.39, 0.29) is 5.56 Å². The van der Waals surface area contributed by atoms with E-state index in [9.17, 15) is 4.79 Å². The van der Waals surface area contributed by atoms with Gasteiger partial charge in [0.05, 0.1) is 23.2 Å². The molecule has 1 saturated carbocycles. The maximum atomic E-state index is 12.5. The van der Waals surface area contributed by atoms with Gasteiger partial charge in [0.25, 0.3) is 5.56 Å². The second-order valence-corrected chi connectivity index (χ2v) is 8.92. The molecule has 0 radical (unpaired) electrons. The van der Waals surface area contributed by atoms with Crippen LogP contribution in [0.1, 0.15) is 48.4 Å². The van der Waals surface area contributed by atoms with Crippen molar-refractivity contribution >= 4 is 38.5 Å². The molecule has 0 aromatic carbocycles. The number of rotatable bonds is 2. The lowest BCUT2D eigenvalue weighted by molar-refractivity contribution is 0.385. The van der Waals surface area contributed by atoms with Crippen LogP contribution in [0.25, 0.3) is 10.2 Å². The molecule has 126 valence electrons. The number of nitrogens with zero attached hydrogens (tertiary/aromatic N) is 2. The second-order valence-electron chi connectivity index (χ2n) is 6.88. The molecule has 2 aromatic rings. The third-order valence-corrected chi connectivity index (χ3v) is 7.39. The van der Waals surface area contributed by atoms with Crippen LogP contribution in [0.15, 0.2) is 9.79 Å². The summed E-state index contributed by atoms with van der Waals surface area (Å²) in [6.07, 6.45) is 8.31. The molecule has 0 bridgehead atoms. The number of H-pyrrole nitrogens is 1. The quantitative estimate of drug-likeness (QED) is 0.864. The lowest BCUT2D eigenvalue weighted by Gasteiger charge is -2.23. The van der Waals surface area contributed by atoms with E-state index in [1.165, 1.54) is 42.5 Å². The number of aromatic nitrogens is 2. The first kappa shape index (κ1) is 15.0. The van der Waals surface area contributed by atoms with Gasteiger partial charge >= 0.3 is 0 Å². The van der Waals surface area contributed by atoms with Gasteiger partial charge in [0.1, 0.15) is 10.7 Å². The van der Waals surface area contributed by atoms with E-state index in [0.717, 1.165) is 34.1 Å². The highest BCUT2D eigenvalue weighted by atomic mass is 32.2. The lowest BCUT2D eigenvalue weighted by atomic mass is 9.92. The summed E-state index contributed by atoms with van der Waals surface area (Å²) in [5.41, 5.74) is 1.28. The lowest BCUT2D eigenvalue weighted by Crippen LogP contribution is -2.36. The van der Waals surface area contributed by atoms with Crippen molar-refractivity contribution in [2.75, 3.05) is 0 Å². The largest absolute Gasteiger partial charge is 0.360 e. The van der Waals surface area contributed by atoms with Crippen molar-refractivity contribution in [1.82, 2.24) is 15.3 Å². The Morgan fingerprint density at radius 2 is 2.12 bits per heavy atom. The van der Waals surface area contributed by atoms with Gasteiger partial charge in [-0.2, -0.15) is 0 Å². The SMILES string of the molecule is O=c1[nH]c(CSC2=N[C@H]3CCCC[C@@H]3N2)nc2sc3c(c12)CCC3. The molecule has 0 unspecified atom stereocenters. The smallest absolute Gasteiger partial charge is 0.259 e. The number of aliphatic imine (C=N–C) groups is 1. The molecule has 0 saturated heterocycles. The molecule has 2 N–H and O–H groups in total. The first-order valence-corrected chi connectivity index (χ1v) is 10.6. The number of nitrogens with one attached hydrogen (secondary N) is 2. The molecule has 1 fully saturated rings. The topological polar surface area (TPSA) is 70.1 Å². The highest BCUT2D eigenvalue weighted by molar-refractivity contribution is 8.13. The number of fused-ring (bicyclic) bond motifs is 4. The minimum absolute atomic E-state index is 0.0324. The van der Waals surface area contributed by atoms with E-state index in [2.05, 4.69) is 10.3 Å². The van der Waals surface area contributed by atoms with E-state index in [1.807, 2.05) is 0 Å². The summed E-state index contributed by atoms with van der Waals surface area (Å²) >= 11 is 3.36. The predicted octanol–water partition coefficient (Wildman–Crippen LogP) is 2.98. The molecule has 1 aliphatic heterocycles. The summed E-state index contributed by atoms with van der Waals surface area (Å²) < 4.78 is 0. The number of hydrogen-bond donors (Lipinski definition) is 2. The van der Waals surface area contributed by atoms with Crippen molar-refractivity contribution in [3.8, 4) is 0 Å². The van der Waals surface area contributed by atoms with Crippen molar-refractivity contribution in [3.63, 3.8) is 0 Å². The average Bonchev–Trinajstić information content (AvgIpc) is 3.25. The Balaban J connectivity index is 1.35. The summed E-state index contributed by atoms with van der Waals surface area (Å²) in [7, 11) is 0. The van der Waals surface area contributed by atoms with Crippen molar-refractivity contribution < 1.29 is 0 Å². The third-order valence-electron chi connectivity index (χ3n) is 5.29. The molecular formula is C17H20N4OS2. The van der Waals surface area contributed by atoms with Gasteiger partial charge in [-0.05, 0) is 37.7 Å². The average molecular weight is 361 g/mol. The van der Waals surface area contributed by atoms with Crippen molar-refractivity contribution in [3.05, 3.63) is 26.6 Å². The van der Waals surface area contributed by atoms with Crippen molar-refractivity contribution in [2.45, 2.75) is 62.8 Å². The Labute approximate surface area is 148 Å². The maximum Gasteiger partial charge on any atom is 0.259 e. The van der Waals surface area contributed by atoms with Crippen LogP contribution in [0.3, 0.4) is 0 Å². The normalized spacial score (nSPS) is 25.4. The van der Waals surface area contributed by atoms with Gasteiger partial charge in [-0.15, -0.1) is 11.3 Å². The van der Waals surface area contributed by atoms with Crippen molar-refractivity contribution in [1.29, 1.82) is 0 Å². The minimum Gasteiger partial charge on any atom is -0.360 e. The number of hydrogen-bond acceptors (Lipinski definition) is 6. The van der Waals surface area contributed by atoms with Crippen molar-refractivity contribution in [2.24, 2.45) is 4.99 Å². The maximum absolute atomic E-state index is 12.5. The van der Waals surface area contributed by atoms with Crippen LogP contribution >= 0.6 is 23.1 Å². The summed E-state index contributed by atoms with van der Waals surface area (Å²) in [6, 6.07) is 0.979. The van der Waals surface area contributed by atoms with Crippen LogP contribution in [0, 0.1) is 0 Å². The third kappa shape index (κ3) is 2.49.